The van der Waals surface area contributed by atoms with Crippen molar-refractivity contribution in [1.82, 2.24) is 4.72 Å². The molecule has 4 nitrogen and oxygen atoms in total. The Morgan fingerprint density at radius 1 is 1.35 bits per heavy atom. The van der Waals surface area contributed by atoms with Crippen molar-refractivity contribution in [2.24, 2.45) is 0 Å². The number of sulfonamides is 1. The van der Waals surface area contributed by atoms with Crippen LogP contribution in [0.4, 0.5) is 0 Å². The average molecular weight is 277 g/mol. The SMILES string of the molecule is C[C@H]([NH3+])/C=C/S(=O)(=O)NCc1ccccc1.[Cl-]. The molecule has 0 saturated heterocycles. The van der Waals surface area contributed by atoms with E-state index < -0.39 is 10.0 Å². The Morgan fingerprint density at radius 2 is 1.94 bits per heavy atom. The predicted molar refractivity (Wildman–Crippen MR) is 63.7 cm³/mol. The van der Waals surface area contributed by atoms with Crippen molar-refractivity contribution in [1.29, 1.82) is 0 Å². The van der Waals surface area contributed by atoms with E-state index in [4.69, 9.17) is 0 Å². The molecule has 0 aliphatic rings. The van der Waals surface area contributed by atoms with E-state index in [2.05, 4.69) is 10.5 Å². The Hall–Kier alpha value is -0.880. The fraction of sp³-hybridized carbons (Fsp3) is 0.273. The van der Waals surface area contributed by atoms with E-state index in [9.17, 15) is 8.42 Å². The normalized spacial score (nSPS) is 13.3. The molecule has 0 saturated carbocycles. The molecule has 1 aromatic rings. The summed E-state index contributed by atoms with van der Waals surface area (Å²) in [6.07, 6.45) is 1.55. The zero-order valence-corrected chi connectivity index (χ0v) is 11.2. The van der Waals surface area contributed by atoms with Gasteiger partial charge in [-0.25, -0.2) is 13.1 Å². The highest BCUT2D eigenvalue weighted by molar-refractivity contribution is 7.92. The first-order valence-electron chi connectivity index (χ1n) is 5.04. The molecule has 0 bridgehead atoms. The molecule has 1 aromatic carbocycles. The highest BCUT2D eigenvalue weighted by Gasteiger charge is 2.05. The molecule has 0 heterocycles. The number of halogens is 1. The lowest BCUT2D eigenvalue weighted by Crippen LogP contribution is -3.00. The summed E-state index contributed by atoms with van der Waals surface area (Å²) in [5.74, 6) is 0. The van der Waals surface area contributed by atoms with Crippen LogP contribution < -0.4 is 22.9 Å². The summed E-state index contributed by atoms with van der Waals surface area (Å²) < 4.78 is 25.5. The number of hydrogen-bond acceptors (Lipinski definition) is 2. The van der Waals surface area contributed by atoms with Crippen LogP contribution in [0.5, 0.6) is 0 Å². The Bertz CT molecular complexity index is 444. The van der Waals surface area contributed by atoms with Crippen molar-refractivity contribution >= 4 is 10.0 Å². The van der Waals surface area contributed by atoms with Crippen LogP contribution in [0, 0.1) is 0 Å². The number of hydrogen-bond donors (Lipinski definition) is 2. The van der Waals surface area contributed by atoms with Crippen molar-refractivity contribution in [2.75, 3.05) is 0 Å². The smallest absolute Gasteiger partial charge is 0.233 e. The monoisotopic (exact) mass is 276 g/mol. The van der Waals surface area contributed by atoms with Gasteiger partial charge in [0.15, 0.2) is 0 Å². The summed E-state index contributed by atoms with van der Waals surface area (Å²) >= 11 is 0. The minimum Gasteiger partial charge on any atom is -1.00 e. The van der Waals surface area contributed by atoms with Gasteiger partial charge in [-0.2, -0.15) is 0 Å². The second kappa shape index (κ2) is 7.45. The summed E-state index contributed by atoms with van der Waals surface area (Å²) in [6.45, 7) is 2.13. The summed E-state index contributed by atoms with van der Waals surface area (Å²) in [6, 6.07) is 9.36. The molecule has 17 heavy (non-hydrogen) atoms. The summed E-state index contributed by atoms with van der Waals surface area (Å²) in [7, 11) is -3.35. The van der Waals surface area contributed by atoms with E-state index in [-0.39, 0.29) is 18.4 Å². The Kier molecular flexibility index (Phi) is 7.06. The van der Waals surface area contributed by atoms with Gasteiger partial charge in [0.2, 0.25) is 10.0 Å². The first-order valence-corrected chi connectivity index (χ1v) is 6.59. The maximum atomic E-state index is 11.5. The van der Waals surface area contributed by atoms with Crippen LogP contribution in [0.15, 0.2) is 41.8 Å². The fourth-order valence-corrected chi connectivity index (χ4v) is 2.00. The highest BCUT2D eigenvalue weighted by atomic mass is 35.5. The van der Waals surface area contributed by atoms with Gasteiger partial charge in [-0.15, -0.1) is 0 Å². The van der Waals surface area contributed by atoms with Gasteiger partial charge in [0, 0.05) is 12.0 Å². The Morgan fingerprint density at radius 3 is 2.47 bits per heavy atom. The van der Waals surface area contributed by atoms with Crippen molar-refractivity contribution in [3.05, 3.63) is 47.4 Å². The van der Waals surface area contributed by atoms with E-state index >= 15 is 0 Å². The zero-order chi connectivity index (χ0) is 12.0. The van der Waals surface area contributed by atoms with Crippen LogP contribution in [0.1, 0.15) is 12.5 Å². The third kappa shape index (κ3) is 7.12. The van der Waals surface area contributed by atoms with Crippen LogP contribution in [-0.2, 0) is 16.6 Å². The minimum absolute atomic E-state index is 0. The van der Waals surface area contributed by atoms with E-state index in [1.807, 2.05) is 37.3 Å². The fourth-order valence-electron chi connectivity index (χ4n) is 1.07. The zero-order valence-electron chi connectivity index (χ0n) is 9.64. The van der Waals surface area contributed by atoms with E-state index in [0.717, 1.165) is 11.0 Å². The summed E-state index contributed by atoms with van der Waals surface area (Å²) in [5, 5.41) is 1.16. The van der Waals surface area contributed by atoms with Crippen LogP contribution >= 0.6 is 0 Å². The molecule has 0 amide bonds. The van der Waals surface area contributed by atoms with E-state index in [0.29, 0.717) is 6.54 Å². The molecular weight excluding hydrogens is 260 g/mol. The molecule has 0 fully saturated rings. The second-order valence-electron chi connectivity index (χ2n) is 3.66. The van der Waals surface area contributed by atoms with Gasteiger partial charge in [-0.1, -0.05) is 30.3 Å². The second-order valence-corrected chi connectivity index (χ2v) is 5.31. The van der Waals surface area contributed by atoms with Crippen LogP contribution in [0.25, 0.3) is 0 Å². The third-order valence-corrected chi connectivity index (χ3v) is 2.97. The van der Waals surface area contributed by atoms with Crippen LogP contribution in [0.3, 0.4) is 0 Å². The van der Waals surface area contributed by atoms with Crippen molar-refractivity contribution < 1.29 is 26.6 Å². The van der Waals surface area contributed by atoms with Gasteiger partial charge in [0.25, 0.3) is 0 Å². The molecular formula is C11H17ClN2O2S. The third-order valence-electron chi connectivity index (χ3n) is 1.91. The van der Waals surface area contributed by atoms with Gasteiger partial charge in [0.05, 0.1) is 0 Å². The quantitative estimate of drug-likeness (QED) is 0.612. The first kappa shape index (κ1) is 16.1. The molecule has 4 N–H and O–H groups in total. The van der Waals surface area contributed by atoms with Crippen molar-refractivity contribution in [3.63, 3.8) is 0 Å². The lowest BCUT2D eigenvalue weighted by molar-refractivity contribution is -0.397. The summed E-state index contributed by atoms with van der Waals surface area (Å²) in [5.41, 5.74) is 4.61. The van der Waals surface area contributed by atoms with Gasteiger partial charge < -0.3 is 18.1 Å². The van der Waals surface area contributed by atoms with Gasteiger partial charge >= 0.3 is 0 Å². The Labute approximate surface area is 108 Å². The average Bonchev–Trinajstić information content (AvgIpc) is 2.26. The molecule has 1 atom stereocenters. The van der Waals surface area contributed by atoms with E-state index in [1.165, 1.54) is 0 Å². The number of quaternary nitrogens is 1. The molecule has 6 heteroatoms. The molecule has 0 aromatic heterocycles. The van der Waals surface area contributed by atoms with E-state index in [1.54, 1.807) is 6.08 Å². The largest absolute Gasteiger partial charge is 1.00 e. The Balaban J connectivity index is 0.00000256. The van der Waals surface area contributed by atoms with Crippen LogP contribution in [0.2, 0.25) is 0 Å². The van der Waals surface area contributed by atoms with Gasteiger partial charge in [0.1, 0.15) is 6.04 Å². The highest BCUT2D eigenvalue weighted by Crippen LogP contribution is 1.99. The first-order chi connectivity index (χ1) is 7.49. The van der Waals surface area contributed by atoms with Crippen LogP contribution in [-0.4, -0.2) is 14.5 Å². The lowest BCUT2D eigenvalue weighted by atomic mass is 10.2. The molecule has 96 valence electrons. The van der Waals surface area contributed by atoms with Crippen molar-refractivity contribution in [3.8, 4) is 0 Å². The molecule has 0 aliphatic heterocycles. The maximum Gasteiger partial charge on any atom is 0.233 e. The molecule has 0 radical (unpaired) electrons. The van der Waals surface area contributed by atoms with Gasteiger partial charge in [-0.3, -0.25) is 0 Å². The molecule has 1 rings (SSSR count). The van der Waals surface area contributed by atoms with Crippen molar-refractivity contribution in [2.45, 2.75) is 19.5 Å². The number of benzene rings is 1. The lowest BCUT2D eigenvalue weighted by Gasteiger charge is -2.02. The van der Waals surface area contributed by atoms with Gasteiger partial charge in [-0.05, 0) is 18.6 Å². The topological polar surface area (TPSA) is 73.8 Å². The maximum absolute atomic E-state index is 11.5. The molecule has 0 aliphatic carbocycles. The number of nitrogens with one attached hydrogen (secondary N) is 1. The molecule has 0 unspecified atom stereocenters. The number of rotatable bonds is 5. The standard InChI is InChI=1S/C11H16N2O2S.ClH/c1-10(12)7-8-16(14,15)13-9-11-5-3-2-4-6-11;/h2-8,10,13H,9,12H2,1H3;1H/b8-7+;/t10-;/m0./s1. The minimum atomic E-state index is -3.35. The predicted octanol–water partition coefficient (Wildman–Crippen LogP) is -2.75. The molecule has 0 spiro atoms. The summed E-state index contributed by atoms with van der Waals surface area (Å²) in [4.78, 5) is 0.